The molecule has 0 N–H and O–H groups in total. The van der Waals surface area contributed by atoms with Crippen molar-refractivity contribution in [1.82, 2.24) is 0 Å². The van der Waals surface area contributed by atoms with E-state index in [1.807, 2.05) is 0 Å². The molecule has 0 heteroatoms. The Morgan fingerprint density at radius 1 is 0.266 bits per heavy atom. The molecule has 0 bridgehead atoms. The summed E-state index contributed by atoms with van der Waals surface area (Å²) in [6.07, 6.45) is 13.0. The van der Waals surface area contributed by atoms with E-state index in [1.54, 1.807) is 11.1 Å². The number of hydrogen-bond donors (Lipinski definition) is 0. The van der Waals surface area contributed by atoms with Crippen molar-refractivity contribution >= 4 is 11.1 Å². The topological polar surface area (TPSA) is 0 Å². The number of fused-ring (bicyclic) bond motifs is 6. The number of hydrogen-bond acceptors (Lipinski definition) is 0. The number of benzene rings is 8. The molecular weight excluding hydrogens is 769 g/mol. The molecule has 0 aromatic heterocycles. The van der Waals surface area contributed by atoms with Gasteiger partial charge in [0.25, 0.3) is 0 Å². The van der Waals surface area contributed by atoms with E-state index in [4.69, 9.17) is 0 Å². The highest BCUT2D eigenvalue weighted by atomic mass is 14.4. The average Bonchev–Trinajstić information content (AvgIpc) is 3.89. The van der Waals surface area contributed by atoms with E-state index in [1.165, 1.54) is 153 Å². The van der Waals surface area contributed by atoms with Gasteiger partial charge in [0, 0.05) is 11.8 Å². The molecule has 0 amide bonds. The molecule has 312 valence electrons. The van der Waals surface area contributed by atoms with Crippen LogP contribution in [0.5, 0.6) is 0 Å². The van der Waals surface area contributed by atoms with Crippen LogP contribution < -0.4 is 0 Å². The fourth-order valence-corrected chi connectivity index (χ4v) is 12.6. The zero-order valence-electron chi connectivity index (χ0n) is 36.9. The van der Waals surface area contributed by atoms with Crippen molar-refractivity contribution in [2.24, 2.45) is 11.8 Å². The molecule has 4 aliphatic rings. The Hall–Kier alpha value is -6.50. The highest BCUT2D eigenvalue weighted by Gasteiger charge is 2.33. The lowest BCUT2D eigenvalue weighted by Crippen LogP contribution is -2.17. The van der Waals surface area contributed by atoms with E-state index in [-0.39, 0.29) is 11.8 Å². The Kier molecular flexibility index (Phi) is 10.3. The quantitative estimate of drug-likeness (QED) is 0.134. The molecular formula is C64H56. The van der Waals surface area contributed by atoms with Crippen molar-refractivity contribution in [2.45, 2.75) is 76.0 Å². The second-order valence-corrected chi connectivity index (χ2v) is 19.0. The van der Waals surface area contributed by atoms with E-state index in [2.05, 4.69) is 194 Å². The van der Waals surface area contributed by atoms with Crippen molar-refractivity contribution in [1.29, 1.82) is 0 Å². The van der Waals surface area contributed by atoms with Gasteiger partial charge >= 0.3 is 0 Å². The zero-order valence-corrected chi connectivity index (χ0v) is 36.9. The van der Waals surface area contributed by atoms with E-state index in [9.17, 15) is 0 Å². The van der Waals surface area contributed by atoms with Gasteiger partial charge in [0.15, 0.2) is 0 Å². The normalized spacial score (nSPS) is 16.8. The third-order valence-corrected chi connectivity index (χ3v) is 15.5. The van der Waals surface area contributed by atoms with E-state index in [0.717, 1.165) is 0 Å². The summed E-state index contributed by atoms with van der Waals surface area (Å²) in [6.45, 7) is 0. The van der Waals surface area contributed by atoms with E-state index in [0.29, 0.717) is 11.8 Å². The molecule has 0 saturated heterocycles. The first-order chi connectivity index (χ1) is 31.8. The Balaban J connectivity index is 0.983. The van der Waals surface area contributed by atoms with Crippen molar-refractivity contribution in [3.63, 3.8) is 0 Å². The van der Waals surface area contributed by atoms with Crippen LogP contribution >= 0.6 is 0 Å². The molecule has 64 heavy (non-hydrogen) atoms. The summed E-state index contributed by atoms with van der Waals surface area (Å²) < 4.78 is 0. The average molecular weight is 825 g/mol. The van der Waals surface area contributed by atoms with Gasteiger partial charge < -0.3 is 0 Å². The monoisotopic (exact) mass is 824 g/mol. The molecule has 4 aliphatic carbocycles. The standard InChI is InChI=1S/C64H56/c1-3-19-45(20-4-1)63(55-29-13-7-23-49(55)43-35-39-47(40-36-43)61-57-31-15-9-25-51(57)52-26-10-16-32-58(52)61)64(46-21-5-2-6-22-46)56-30-14-8-24-50(56)44-37-41-48(42-38-44)62-59-33-17-11-27-53(59)54-28-12-18-34-60(54)62/h7-18,23-42,45-46,61-62H,1-6,19-22H2/b64-63-. The maximum Gasteiger partial charge on any atom is 0.0352 e. The zero-order chi connectivity index (χ0) is 42.4. The minimum atomic E-state index is 0.252. The summed E-state index contributed by atoms with van der Waals surface area (Å²) >= 11 is 0. The molecule has 0 radical (unpaired) electrons. The second-order valence-electron chi connectivity index (χ2n) is 19.0. The van der Waals surface area contributed by atoms with Gasteiger partial charge in [-0.25, -0.2) is 0 Å². The van der Waals surface area contributed by atoms with Crippen LogP contribution in [0, 0.1) is 11.8 Å². The molecule has 8 aromatic carbocycles. The molecule has 0 aliphatic heterocycles. The van der Waals surface area contributed by atoms with Crippen LogP contribution in [-0.4, -0.2) is 0 Å². The van der Waals surface area contributed by atoms with Gasteiger partial charge in [0.2, 0.25) is 0 Å². The van der Waals surface area contributed by atoms with Gasteiger partial charge in [-0.15, -0.1) is 0 Å². The van der Waals surface area contributed by atoms with Crippen LogP contribution in [0.15, 0.2) is 194 Å². The van der Waals surface area contributed by atoms with Gasteiger partial charge in [-0.3, -0.25) is 0 Å². The molecule has 0 unspecified atom stereocenters. The molecule has 0 atom stereocenters. The Labute approximate surface area is 380 Å². The summed E-state index contributed by atoms with van der Waals surface area (Å²) in [4.78, 5) is 0. The molecule has 12 rings (SSSR count). The lowest BCUT2D eigenvalue weighted by molar-refractivity contribution is 0.416. The molecule has 0 nitrogen and oxygen atoms in total. The second kappa shape index (κ2) is 16.9. The van der Waals surface area contributed by atoms with Crippen LogP contribution in [-0.2, 0) is 0 Å². The molecule has 2 fully saturated rings. The van der Waals surface area contributed by atoms with Crippen molar-refractivity contribution < 1.29 is 0 Å². The minimum Gasteiger partial charge on any atom is -0.0619 e. The third kappa shape index (κ3) is 6.82. The SMILES string of the molecule is c1ccc(-c2ccc(C3c4ccccc4-c4ccccc43)cc2)c(/C(=C(\c2ccccc2-c2ccc(C3c4ccccc4-c4ccccc43)cc2)C2CCCCC2)C2CCCCC2)c1. The molecule has 0 heterocycles. The van der Waals surface area contributed by atoms with Crippen LogP contribution in [0.1, 0.15) is 121 Å². The largest absolute Gasteiger partial charge is 0.0619 e. The maximum absolute atomic E-state index is 2.48. The van der Waals surface area contributed by atoms with Gasteiger partial charge in [0.05, 0.1) is 0 Å². The third-order valence-electron chi connectivity index (χ3n) is 15.5. The van der Waals surface area contributed by atoms with Crippen LogP contribution in [0.3, 0.4) is 0 Å². The first-order valence-electron chi connectivity index (χ1n) is 24.3. The predicted octanol–water partition coefficient (Wildman–Crippen LogP) is 17.4. The highest BCUT2D eigenvalue weighted by molar-refractivity contribution is 6.00. The van der Waals surface area contributed by atoms with Gasteiger partial charge in [-0.2, -0.15) is 0 Å². The molecule has 0 spiro atoms. The summed E-state index contributed by atoms with van der Waals surface area (Å²) in [7, 11) is 0. The molecule has 2 saturated carbocycles. The smallest absolute Gasteiger partial charge is 0.0352 e. The van der Waals surface area contributed by atoms with Crippen molar-refractivity contribution in [3.8, 4) is 44.5 Å². The van der Waals surface area contributed by atoms with Gasteiger partial charge in [0.1, 0.15) is 0 Å². The van der Waals surface area contributed by atoms with Crippen LogP contribution in [0.2, 0.25) is 0 Å². The highest BCUT2D eigenvalue weighted by Crippen LogP contribution is 2.52. The van der Waals surface area contributed by atoms with Crippen molar-refractivity contribution in [3.05, 3.63) is 239 Å². The first-order valence-corrected chi connectivity index (χ1v) is 24.3. The number of rotatable bonds is 8. The van der Waals surface area contributed by atoms with Crippen LogP contribution in [0.4, 0.5) is 0 Å². The van der Waals surface area contributed by atoms with Crippen LogP contribution in [0.25, 0.3) is 55.7 Å². The van der Waals surface area contributed by atoms with E-state index >= 15 is 0 Å². The van der Waals surface area contributed by atoms with Gasteiger partial charge in [-0.05, 0) is 138 Å². The Morgan fingerprint density at radius 3 is 0.875 bits per heavy atom. The minimum absolute atomic E-state index is 0.252. The Bertz CT molecular complexity index is 2700. The maximum atomic E-state index is 2.48. The summed E-state index contributed by atoms with van der Waals surface area (Å²) in [6, 6.07) is 74.4. The molecule has 8 aromatic rings. The van der Waals surface area contributed by atoms with E-state index < -0.39 is 0 Å². The lowest BCUT2D eigenvalue weighted by atomic mass is 9.70. The summed E-state index contributed by atoms with van der Waals surface area (Å²) in [5.74, 6) is 1.58. The van der Waals surface area contributed by atoms with Crippen molar-refractivity contribution in [2.75, 3.05) is 0 Å². The lowest BCUT2D eigenvalue weighted by Gasteiger charge is -2.34. The summed E-state index contributed by atoms with van der Waals surface area (Å²) in [5, 5.41) is 0. The summed E-state index contributed by atoms with van der Waals surface area (Å²) in [5.41, 5.74) is 25.4. The fraction of sp³-hybridized carbons (Fsp3) is 0.219. The fourth-order valence-electron chi connectivity index (χ4n) is 12.6. The number of allylic oxidation sites excluding steroid dienone is 2. The van der Waals surface area contributed by atoms with Gasteiger partial charge in [-0.1, -0.05) is 233 Å². The predicted molar refractivity (Wildman–Crippen MR) is 269 cm³/mol. The first kappa shape index (κ1) is 39.1. The Morgan fingerprint density at radius 2 is 0.547 bits per heavy atom.